The molecule has 3 heteroatoms. The zero-order valence-corrected chi connectivity index (χ0v) is 16.9. The van der Waals surface area contributed by atoms with E-state index in [2.05, 4.69) is 46.8 Å². The van der Waals surface area contributed by atoms with E-state index in [4.69, 9.17) is 4.74 Å². The molecule has 0 amide bonds. The van der Waals surface area contributed by atoms with E-state index >= 15 is 0 Å². The predicted molar refractivity (Wildman–Crippen MR) is 102 cm³/mol. The summed E-state index contributed by atoms with van der Waals surface area (Å²) >= 11 is 0. The highest BCUT2D eigenvalue weighted by atomic mass is 16.5. The smallest absolute Gasteiger partial charge is 0.303 e. The Morgan fingerprint density at radius 3 is 2.56 bits per heavy atom. The maximum atomic E-state index is 11.7. The first-order valence-electron chi connectivity index (χ1n) is 9.80. The van der Waals surface area contributed by atoms with E-state index in [1.165, 1.54) is 12.5 Å². The summed E-state index contributed by atoms with van der Waals surface area (Å²) in [4.78, 5) is 11.7. The molecule has 0 unspecified atom stereocenters. The predicted octanol–water partition coefficient (Wildman–Crippen LogP) is 5.19. The minimum Gasteiger partial charge on any atom is -0.458 e. The van der Waals surface area contributed by atoms with Crippen molar-refractivity contribution in [2.24, 2.45) is 17.3 Å². The first-order chi connectivity index (χ1) is 11.6. The SMILES string of the molecule is CC(=O)O[C@@H]1C[C@@H]2[C@@](C)(C/C=C(\C)CC/C=C/1C)CC[C@@]2(O)C(C)C. The minimum atomic E-state index is -0.691. The number of esters is 1. The Bertz CT molecular complexity index is 560. The van der Waals surface area contributed by atoms with Gasteiger partial charge in [0.2, 0.25) is 0 Å². The van der Waals surface area contributed by atoms with E-state index in [1.807, 2.05) is 0 Å². The van der Waals surface area contributed by atoms with Crippen LogP contribution in [0.25, 0.3) is 0 Å². The van der Waals surface area contributed by atoms with Crippen molar-refractivity contribution in [1.82, 2.24) is 0 Å². The third kappa shape index (κ3) is 4.36. The van der Waals surface area contributed by atoms with Crippen molar-refractivity contribution in [2.75, 3.05) is 0 Å². The van der Waals surface area contributed by atoms with E-state index in [0.717, 1.165) is 37.7 Å². The summed E-state index contributed by atoms with van der Waals surface area (Å²) in [5.74, 6) is 0.0707. The first kappa shape index (κ1) is 20.2. The molecule has 0 aromatic heterocycles. The molecule has 0 radical (unpaired) electrons. The third-order valence-corrected chi connectivity index (χ3v) is 6.73. The summed E-state index contributed by atoms with van der Waals surface area (Å²) in [5, 5.41) is 11.5. The second-order valence-electron chi connectivity index (χ2n) is 8.93. The van der Waals surface area contributed by atoms with E-state index in [9.17, 15) is 9.90 Å². The van der Waals surface area contributed by atoms with E-state index in [0.29, 0.717) is 6.42 Å². The summed E-state index contributed by atoms with van der Waals surface area (Å²) < 4.78 is 5.69. The molecule has 0 saturated heterocycles. The summed E-state index contributed by atoms with van der Waals surface area (Å²) in [6.45, 7) is 12.3. The van der Waals surface area contributed by atoms with Crippen molar-refractivity contribution >= 4 is 5.97 Å². The number of ether oxygens (including phenoxy) is 1. The second-order valence-corrected chi connectivity index (χ2v) is 8.93. The van der Waals surface area contributed by atoms with Gasteiger partial charge >= 0.3 is 5.97 Å². The van der Waals surface area contributed by atoms with E-state index in [1.54, 1.807) is 0 Å². The van der Waals surface area contributed by atoms with Gasteiger partial charge in [-0.25, -0.2) is 0 Å². The van der Waals surface area contributed by atoms with Crippen LogP contribution in [0.3, 0.4) is 0 Å². The Kier molecular flexibility index (Phi) is 6.19. The summed E-state index contributed by atoms with van der Waals surface area (Å²) in [7, 11) is 0. The topological polar surface area (TPSA) is 46.5 Å². The van der Waals surface area contributed by atoms with Gasteiger partial charge in [0.25, 0.3) is 0 Å². The van der Waals surface area contributed by atoms with Crippen molar-refractivity contribution in [3.63, 3.8) is 0 Å². The second kappa shape index (κ2) is 7.65. The molecule has 2 rings (SSSR count). The van der Waals surface area contributed by atoms with Gasteiger partial charge in [0.1, 0.15) is 6.10 Å². The summed E-state index contributed by atoms with van der Waals surface area (Å²) in [6, 6.07) is 0. The van der Waals surface area contributed by atoms with Crippen molar-refractivity contribution in [3.05, 3.63) is 23.3 Å². The number of carbonyl (C=O) groups is 1. The van der Waals surface area contributed by atoms with Crippen LogP contribution in [-0.4, -0.2) is 22.8 Å². The van der Waals surface area contributed by atoms with Crippen molar-refractivity contribution in [1.29, 1.82) is 0 Å². The number of rotatable bonds is 2. The van der Waals surface area contributed by atoms with E-state index in [-0.39, 0.29) is 29.3 Å². The van der Waals surface area contributed by atoms with Crippen molar-refractivity contribution in [3.8, 4) is 0 Å². The van der Waals surface area contributed by atoms with Gasteiger partial charge in [-0.1, -0.05) is 38.5 Å². The minimum absolute atomic E-state index is 0.0449. The van der Waals surface area contributed by atoms with Gasteiger partial charge in [0, 0.05) is 6.92 Å². The molecule has 0 heterocycles. The van der Waals surface area contributed by atoms with Crippen LogP contribution in [-0.2, 0) is 9.53 Å². The number of hydrogen-bond acceptors (Lipinski definition) is 3. The number of allylic oxidation sites excluding steroid dienone is 3. The van der Waals surface area contributed by atoms with Gasteiger partial charge in [0.05, 0.1) is 5.60 Å². The largest absolute Gasteiger partial charge is 0.458 e. The van der Waals surface area contributed by atoms with E-state index < -0.39 is 5.60 Å². The third-order valence-electron chi connectivity index (χ3n) is 6.73. The van der Waals surface area contributed by atoms with Crippen LogP contribution in [0.4, 0.5) is 0 Å². The number of fused-ring (bicyclic) bond motifs is 1. The maximum absolute atomic E-state index is 11.7. The molecular weight excluding hydrogens is 312 g/mol. The van der Waals surface area contributed by atoms with Gasteiger partial charge in [0.15, 0.2) is 0 Å². The normalized spacial score (nSPS) is 41.1. The van der Waals surface area contributed by atoms with Crippen LogP contribution < -0.4 is 0 Å². The lowest BCUT2D eigenvalue weighted by atomic mass is 9.67. The zero-order valence-electron chi connectivity index (χ0n) is 16.9. The number of aliphatic hydroxyl groups is 1. The lowest BCUT2D eigenvalue weighted by Gasteiger charge is -2.42. The van der Waals surface area contributed by atoms with Gasteiger partial charge < -0.3 is 9.84 Å². The molecule has 25 heavy (non-hydrogen) atoms. The molecule has 2 aliphatic rings. The highest BCUT2D eigenvalue weighted by Gasteiger charge is 2.55. The highest BCUT2D eigenvalue weighted by molar-refractivity contribution is 5.66. The Morgan fingerprint density at radius 1 is 1.28 bits per heavy atom. The molecule has 3 nitrogen and oxygen atoms in total. The maximum Gasteiger partial charge on any atom is 0.303 e. The zero-order chi connectivity index (χ0) is 18.8. The lowest BCUT2D eigenvalue weighted by molar-refractivity contribution is -0.148. The molecule has 1 fully saturated rings. The molecule has 0 aromatic carbocycles. The molecule has 0 aliphatic heterocycles. The fraction of sp³-hybridized carbons (Fsp3) is 0.773. The van der Waals surface area contributed by atoms with Gasteiger partial charge in [-0.3, -0.25) is 4.79 Å². The molecule has 142 valence electrons. The van der Waals surface area contributed by atoms with Gasteiger partial charge in [-0.05, 0) is 75.2 Å². The molecule has 0 spiro atoms. The van der Waals surface area contributed by atoms with Crippen LogP contribution >= 0.6 is 0 Å². The lowest BCUT2D eigenvalue weighted by Crippen LogP contribution is -2.45. The first-order valence-corrected chi connectivity index (χ1v) is 9.80. The Labute approximate surface area is 153 Å². The molecule has 0 bridgehead atoms. The molecule has 1 N–H and O–H groups in total. The number of carbonyl (C=O) groups excluding carboxylic acids is 1. The Hall–Kier alpha value is -1.09. The summed E-state index contributed by atoms with van der Waals surface area (Å²) in [5.41, 5.74) is 1.88. The van der Waals surface area contributed by atoms with Crippen molar-refractivity contribution in [2.45, 2.75) is 91.8 Å². The quantitative estimate of drug-likeness (QED) is 0.552. The average molecular weight is 349 g/mol. The fourth-order valence-corrected chi connectivity index (χ4v) is 4.77. The van der Waals surface area contributed by atoms with Gasteiger partial charge in [-0.15, -0.1) is 0 Å². The monoisotopic (exact) mass is 348 g/mol. The van der Waals surface area contributed by atoms with Crippen LogP contribution in [0.1, 0.15) is 80.1 Å². The average Bonchev–Trinajstić information content (AvgIpc) is 2.77. The number of hydrogen-bond donors (Lipinski definition) is 1. The highest BCUT2D eigenvalue weighted by Crippen LogP contribution is 2.56. The van der Waals surface area contributed by atoms with Crippen LogP contribution in [0.2, 0.25) is 0 Å². The molecular formula is C22H36O3. The summed E-state index contributed by atoms with van der Waals surface area (Å²) in [6.07, 6.45) is 9.90. The Balaban J connectivity index is 2.45. The molecule has 1 saturated carbocycles. The standard InChI is InChI=1S/C22H36O3/c1-15(2)22(24)13-12-21(6)11-10-16(3)8-7-9-17(4)19(14-20(21)22)25-18(5)23/h9-10,15,19-20,24H,7-8,11-14H2,1-6H3/b16-10+,17-9+/t19-,20-,21+,22-/m1/s1. The molecule has 0 aromatic rings. The molecule has 2 aliphatic carbocycles. The van der Waals surface area contributed by atoms with Crippen molar-refractivity contribution < 1.29 is 14.6 Å². The van der Waals surface area contributed by atoms with Crippen LogP contribution in [0.5, 0.6) is 0 Å². The Morgan fingerprint density at radius 2 is 1.96 bits per heavy atom. The fourth-order valence-electron chi connectivity index (χ4n) is 4.77. The molecule has 4 atom stereocenters. The van der Waals surface area contributed by atoms with Gasteiger partial charge in [-0.2, -0.15) is 0 Å². The van der Waals surface area contributed by atoms with Crippen LogP contribution in [0.15, 0.2) is 23.3 Å². The van der Waals surface area contributed by atoms with Crippen LogP contribution in [0, 0.1) is 17.3 Å².